The zero-order valence-electron chi connectivity index (χ0n) is 18.0. The van der Waals surface area contributed by atoms with Gasteiger partial charge >= 0.3 is 0 Å². The first-order valence-electron chi connectivity index (χ1n) is 9.72. The normalized spacial score (nSPS) is 13.2. The van der Waals surface area contributed by atoms with E-state index in [1.165, 1.54) is 0 Å². The third kappa shape index (κ3) is 6.23. The lowest BCUT2D eigenvalue weighted by Crippen LogP contribution is -2.44. The van der Waals surface area contributed by atoms with Gasteiger partial charge in [-0.3, -0.25) is 0 Å². The first-order chi connectivity index (χ1) is 13.5. The molecule has 0 atom stereocenters. The lowest BCUT2D eigenvalue weighted by Gasteiger charge is -2.31. The summed E-state index contributed by atoms with van der Waals surface area (Å²) < 4.78 is 16.8. The molecule has 29 heavy (non-hydrogen) atoms. The Balaban J connectivity index is 0.000000321. The quantitative estimate of drug-likeness (QED) is 0.733. The summed E-state index contributed by atoms with van der Waals surface area (Å²) in [7, 11) is 7.90. The van der Waals surface area contributed by atoms with E-state index in [2.05, 4.69) is 0 Å². The number of methoxy groups -OCH3 is 1. The molecule has 2 aromatic rings. The second kappa shape index (κ2) is 9.66. The molecule has 0 amide bonds. The molecule has 156 valence electrons. The van der Waals surface area contributed by atoms with Crippen LogP contribution in [0.25, 0.3) is 0 Å². The minimum atomic E-state index is -1.01. The standard InChI is InChI=1S/C17H17BO3.C6H14O2/c1-19-11-13-9-15-14(7-8-20-15)17(16(13)18)21-10-12-5-3-2-4-6-12;1-5(2,7)6(3,4)8/h2-6,9H,7-8,10-11H2,1H3;7-8H,1-4H3. The molecule has 1 aliphatic rings. The van der Waals surface area contributed by atoms with Gasteiger partial charge < -0.3 is 24.4 Å². The maximum Gasteiger partial charge on any atom is 0.126 e. The van der Waals surface area contributed by atoms with Crippen LogP contribution < -0.4 is 14.9 Å². The summed E-state index contributed by atoms with van der Waals surface area (Å²) in [5, 5.41) is 18.2. The van der Waals surface area contributed by atoms with Crippen LogP contribution in [0.5, 0.6) is 11.5 Å². The van der Waals surface area contributed by atoms with Gasteiger partial charge in [-0.25, -0.2) is 0 Å². The highest BCUT2D eigenvalue weighted by molar-refractivity contribution is 6.35. The Morgan fingerprint density at radius 1 is 1.03 bits per heavy atom. The summed E-state index contributed by atoms with van der Waals surface area (Å²) in [4.78, 5) is 0. The molecule has 0 fully saturated rings. The predicted molar refractivity (Wildman–Crippen MR) is 115 cm³/mol. The fraction of sp³-hybridized carbons (Fsp3) is 0.478. The fourth-order valence-corrected chi connectivity index (χ4v) is 2.54. The number of hydrogen-bond acceptors (Lipinski definition) is 5. The van der Waals surface area contributed by atoms with E-state index in [1.54, 1.807) is 34.8 Å². The molecule has 1 heterocycles. The monoisotopic (exact) mass is 398 g/mol. The number of aliphatic hydroxyl groups is 2. The maximum absolute atomic E-state index is 9.10. The second-order valence-electron chi connectivity index (χ2n) is 8.18. The molecule has 5 nitrogen and oxygen atoms in total. The highest BCUT2D eigenvalue weighted by atomic mass is 16.5. The van der Waals surface area contributed by atoms with Crippen molar-refractivity contribution in [3.8, 4) is 11.5 Å². The number of hydrogen-bond donors (Lipinski definition) is 2. The van der Waals surface area contributed by atoms with E-state index in [-0.39, 0.29) is 0 Å². The van der Waals surface area contributed by atoms with Crippen LogP contribution in [-0.4, -0.2) is 43.0 Å². The molecule has 2 aromatic carbocycles. The predicted octanol–water partition coefficient (Wildman–Crippen LogP) is 2.67. The first-order valence-corrected chi connectivity index (χ1v) is 9.72. The maximum atomic E-state index is 9.10. The molecule has 0 aromatic heterocycles. The number of benzene rings is 2. The highest BCUT2D eigenvalue weighted by Crippen LogP contribution is 2.34. The van der Waals surface area contributed by atoms with Crippen LogP contribution >= 0.6 is 0 Å². The molecule has 2 N–H and O–H groups in total. The Kier molecular flexibility index (Phi) is 7.75. The minimum Gasteiger partial charge on any atom is -0.493 e. The van der Waals surface area contributed by atoms with Crippen molar-refractivity contribution in [3.63, 3.8) is 0 Å². The Morgan fingerprint density at radius 2 is 1.66 bits per heavy atom. The van der Waals surface area contributed by atoms with E-state index in [9.17, 15) is 0 Å². The third-order valence-electron chi connectivity index (χ3n) is 5.10. The van der Waals surface area contributed by atoms with Crippen LogP contribution in [0.1, 0.15) is 44.4 Å². The van der Waals surface area contributed by atoms with Gasteiger partial charge in [0.2, 0.25) is 0 Å². The van der Waals surface area contributed by atoms with Crippen LogP contribution in [0.4, 0.5) is 0 Å². The van der Waals surface area contributed by atoms with Gasteiger partial charge in [-0.2, -0.15) is 0 Å². The Labute approximate surface area is 175 Å². The van der Waals surface area contributed by atoms with Crippen molar-refractivity contribution in [2.45, 2.75) is 58.5 Å². The van der Waals surface area contributed by atoms with Crippen molar-refractivity contribution >= 4 is 13.3 Å². The van der Waals surface area contributed by atoms with Crippen molar-refractivity contribution in [1.82, 2.24) is 0 Å². The van der Waals surface area contributed by atoms with Gasteiger partial charge in [-0.15, -0.1) is 0 Å². The van der Waals surface area contributed by atoms with Gasteiger partial charge in [-0.05, 0) is 50.4 Å². The lowest BCUT2D eigenvalue weighted by atomic mass is 9.87. The van der Waals surface area contributed by atoms with Crippen molar-refractivity contribution in [3.05, 3.63) is 53.1 Å². The number of rotatable bonds is 6. The van der Waals surface area contributed by atoms with Gasteiger partial charge in [-0.1, -0.05) is 30.3 Å². The molecule has 0 saturated heterocycles. The Hall–Kier alpha value is -2.02. The molecular weight excluding hydrogens is 367 g/mol. The van der Waals surface area contributed by atoms with Crippen molar-refractivity contribution in [1.29, 1.82) is 0 Å². The summed E-state index contributed by atoms with van der Waals surface area (Å²) in [6.45, 7) is 7.92. The van der Waals surface area contributed by atoms with Crippen molar-refractivity contribution in [2.75, 3.05) is 13.7 Å². The molecular formula is C23H31BO5. The summed E-state index contributed by atoms with van der Waals surface area (Å²) in [5.41, 5.74) is 1.71. The summed E-state index contributed by atoms with van der Waals surface area (Å²) in [6.07, 6.45) is 0.830. The van der Waals surface area contributed by atoms with Crippen molar-refractivity contribution < 1.29 is 24.4 Å². The molecule has 0 aliphatic carbocycles. The van der Waals surface area contributed by atoms with Gasteiger partial charge in [0.25, 0.3) is 0 Å². The van der Waals surface area contributed by atoms with Gasteiger partial charge in [0, 0.05) is 19.1 Å². The Morgan fingerprint density at radius 3 is 2.21 bits per heavy atom. The molecule has 0 bridgehead atoms. The first kappa shape index (κ1) is 23.3. The highest BCUT2D eigenvalue weighted by Gasteiger charge is 2.32. The molecule has 3 rings (SSSR count). The summed E-state index contributed by atoms with van der Waals surface area (Å²) in [5.74, 6) is 1.60. The summed E-state index contributed by atoms with van der Waals surface area (Å²) >= 11 is 0. The van der Waals surface area contributed by atoms with E-state index in [0.29, 0.717) is 25.3 Å². The topological polar surface area (TPSA) is 68.2 Å². The van der Waals surface area contributed by atoms with Gasteiger partial charge in [0.1, 0.15) is 26.0 Å². The molecule has 2 radical (unpaired) electrons. The van der Waals surface area contributed by atoms with Crippen LogP contribution in [-0.2, 0) is 24.4 Å². The molecule has 0 saturated carbocycles. The van der Waals surface area contributed by atoms with Gasteiger partial charge in [0.05, 0.1) is 24.4 Å². The summed E-state index contributed by atoms with van der Waals surface area (Å²) in [6, 6.07) is 12.0. The smallest absolute Gasteiger partial charge is 0.126 e. The fourth-order valence-electron chi connectivity index (χ4n) is 2.54. The zero-order chi connectivity index (χ0) is 21.7. The van der Waals surface area contributed by atoms with Crippen molar-refractivity contribution in [2.24, 2.45) is 0 Å². The van der Waals surface area contributed by atoms with Crippen LogP contribution in [0.2, 0.25) is 0 Å². The van der Waals surface area contributed by atoms with Crippen LogP contribution in [0, 0.1) is 0 Å². The minimum absolute atomic E-state index is 0.449. The number of fused-ring (bicyclic) bond motifs is 1. The van der Waals surface area contributed by atoms with E-state index >= 15 is 0 Å². The van der Waals surface area contributed by atoms with Gasteiger partial charge in [0.15, 0.2) is 0 Å². The third-order valence-corrected chi connectivity index (χ3v) is 5.10. The zero-order valence-corrected chi connectivity index (χ0v) is 18.0. The number of ether oxygens (including phenoxy) is 3. The molecule has 6 heteroatoms. The largest absolute Gasteiger partial charge is 0.493 e. The Bertz CT molecular complexity index is 780. The average molecular weight is 398 g/mol. The van der Waals surface area contributed by atoms with E-state index < -0.39 is 11.2 Å². The SMILES string of the molecule is CC(C)(O)C(C)(C)O.[B]c1c(COC)cc2c(c1OCc1ccccc1)CCO2. The molecule has 0 unspecified atom stereocenters. The van der Waals surface area contributed by atoms with Crippen LogP contribution in [0.3, 0.4) is 0 Å². The lowest BCUT2D eigenvalue weighted by molar-refractivity contribution is -0.107. The van der Waals surface area contributed by atoms with E-state index in [1.807, 2.05) is 36.4 Å². The van der Waals surface area contributed by atoms with E-state index in [4.69, 9.17) is 32.3 Å². The second-order valence-corrected chi connectivity index (χ2v) is 8.18. The molecule has 0 spiro atoms. The molecule has 1 aliphatic heterocycles. The van der Waals surface area contributed by atoms with Crippen LogP contribution in [0.15, 0.2) is 36.4 Å². The van der Waals surface area contributed by atoms with E-state index in [0.717, 1.165) is 34.6 Å². The average Bonchev–Trinajstić information content (AvgIpc) is 3.10.